The highest BCUT2D eigenvalue weighted by atomic mass is 19.1. The lowest BCUT2D eigenvalue weighted by Gasteiger charge is -2.22. The number of anilines is 1. The summed E-state index contributed by atoms with van der Waals surface area (Å²) in [7, 11) is 0. The van der Waals surface area contributed by atoms with Crippen molar-refractivity contribution < 1.29 is 4.39 Å². The van der Waals surface area contributed by atoms with Crippen LogP contribution in [0.5, 0.6) is 0 Å². The van der Waals surface area contributed by atoms with Crippen LogP contribution in [0.25, 0.3) is 39.3 Å². The molecule has 5 aromatic rings. The van der Waals surface area contributed by atoms with E-state index in [0.717, 1.165) is 33.8 Å². The van der Waals surface area contributed by atoms with E-state index in [9.17, 15) is 4.39 Å². The maximum absolute atomic E-state index is 13.5. The van der Waals surface area contributed by atoms with Crippen LogP contribution in [-0.4, -0.2) is 24.9 Å². The van der Waals surface area contributed by atoms with E-state index in [0.29, 0.717) is 11.3 Å². The lowest BCUT2D eigenvalue weighted by Crippen LogP contribution is -2.27. The molecule has 6 heteroatoms. The summed E-state index contributed by atoms with van der Waals surface area (Å²) in [6.45, 7) is 6.39. The molecule has 5 rings (SSSR count). The molecule has 2 aromatic carbocycles. The van der Waals surface area contributed by atoms with Crippen molar-refractivity contribution in [2.24, 2.45) is 0 Å². The Morgan fingerprint density at radius 3 is 2.47 bits per heavy atom. The number of benzene rings is 2. The van der Waals surface area contributed by atoms with E-state index in [2.05, 4.69) is 40.5 Å². The number of H-pyrrole nitrogens is 1. The van der Waals surface area contributed by atoms with Crippen molar-refractivity contribution >= 4 is 22.5 Å². The molecule has 30 heavy (non-hydrogen) atoms. The van der Waals surface area contributed by atoms with Gasteiger partial charge in [-0.2, -0.15) is 0 Å². The van der Waals surface area contributed by atoms with Gasteiger partial charge >= 0.3 is 0 Å². The molecule has 0 saturated carbocycles. The summed E-state index contributed by atoms with van der Waals surface area (Å²) < 4.78 is 15.5. The van der Waals surface area contributed by atoms with Crippen molar-refractivity contribution in [1.82, 2.24) is 19.4 Å². The highest BCUT2D eigenvalue weighted by Gasteiger charge is 2.19. The van der Waals surface area contributed by atoms with E-state index in [4.69, 9.17) is 4.98 Å². The molecule has 150 valence electrons. The Balaban J connectivity index is 1.56. The smallest absolute Gasteiger partial charge is 0.139 e. The van der Waals surface area contributed by atoms with Gasteiger partial charge in [0, 0.05) is 22.9 Å². The zero-order chi connectivity index (χ0) is 20.9. The summed E-state index contributed by atoms with van der Waals surface area (Å²) >= 11 is 0. The maximum Gasteiger partial charge on any atom is 0.139 e. The van der Waals surface area contributed by atoms with Crippen LogP contribution in [-0.2, 0) is 0 Å². The Morgan fingerprint density at radius 1 is 0.933 bits per heavy atom. The van der Waals surface area contributed by atoms with E-state index in [1.54, 1.807) is 6.07 Å². The molecule has 0 aliphatic heterocycles. The first-order valence-corrected chi connectivity index (χ1v) is 9.89. The van der Waals surface area contributed by atoms with Gasteiger partial charge in [0.25, 0.3) is 0 Å². The Kier molecular flexibility index (Phi) is 4.10. The van der Waals surface area contributed by atoms with Crippen molar-refractivity contribution in [3.63, 3.8) is 0 Å². The van der Waals surface area contributed by atoms with Crippen LogP contribution in [0.4, 0.5) is 10.2 Å². The van der Waals surface area contributed by atoms with Crippen molar-refractivity contribution in [1.29, 1.82) is 0 Å². The SMILES string of the molecule is CC(C)(C)Nc1c(-c2ccc(-c3nc4ccc(F)cc4[nH]3)cc2)nc2ccccn12. The molecule has 2 N–H and O–H groups in total. The Labute approximate surface area is 173 Å². The molecule has 0 atom stereocenters. The number of rotatable bonds is 3. The van der Waals surface area contributed by atoms with E-state index >= 15 is 0 Å². The predicted molar refractivity (Wildman–Crippen MR) is 119 cm³/mol. The van der Waals surface area contributed by atoms with Gasteiger partial charge in [0.15, 0.2) is 0 Å². The van der Waals surface area contributed by atoms with Gasteiger partial charge in [0.2, 0.25) is 0 Å². The number of aromatic nitrogens is 4. The van der Waals surface area contributed by atoms with Gasteiger partial charge < -0.3 is 10.3 Å². The van der Waals surface area contributed by atoms with Crippen molar-refractivity contribution in [2.45, 2.75) is 26.3 Å². The summed E-state index contributed by atoms with van der Waals surface area (Å²) in [5.74, 6) is 1.40. The summed E-state index contributed by atoms with van der Waals surface area (Å²) in [6, 6.07) is 18.6. The Bertz CT molecular complexity index is 1360. The largest absolute Gasteiger partial charge is 0.365 e. The number of aromatic amines is 1. The minimum Gasteiger partial charge on any atom is -0.365 e. The van der Waals surface area contributed by atoms with Crippen LogP contribution >= 0.6 is 0 Å². The average molecular weight is 399 g/mol. The quantitative estimate of drug-likeness (QED) is 0.397. The molecule has 0 radical (unpaired) electrons. The number of nitrogens with one attached hydrogen (secondary N) is 2. The summed E-state index contributed by atoms with van der Waals surface area (Å²) in [6.07, 6.45) is 2.02. The van der Waals surface area contributed by atoms with Crippen LogP contribution in [0.15, 0.2) is 66.9 Å². The molecule has 0 unspecified atom stereocenters. The van der Waals surface area contributed by atoms with Crippen molar-refractivity contribution in [3.8, 4) is 22.6 Å². The number of pyridine rings is 1. The number of halogens is 1. The molecule has 0 aliphatic carbocycles. The third kappa shape index (κ3) is 3.30. The van der Waals surface area contributed by atoms with Gasteiger partial charge in [-0.05, 0) is 51.1 Å². The first-order valence-electron chi connectivity index (χ1n) is 9.89. The van der Waals surface area contributed by atoms with Crippen LogP contribution in [0.3, 0.4) is 0 Å². The number of nitrogens with zero attached hydrogens (tertiary/aromatic N) is 3. The van der Waals surface area contributed by atoms with Crippen molar-refractivity contribution in [3.05, 3.63) is 72.7 Å². The van der Waals surface area contributed by atoms with Gasteiger partial charge in [-0.15, -0.1) is 0 Å². The second kappa shape index (κ2) is 6.69. The van der Waals surface area contributed by atoms with Crippen LogP contribution in [0.1, 0.15) is 20.8 Å². The van der Waals surface area contributed by atoms with E-state index < -0.39 is 0 Å². The fraction of sp³-hybridized carbons (Fsp3) is 0.167. The highest BCUT2D eigenvalue weighted by Crippen LogP contribution is 2.32. The van der Waals surface area contributed by atoms with Crippen LogP contribution in [0.2, 0.25) is 0 Å². The molecule has 0 fully saturated rings. The van der Waals surface area contributed by atoms with Gasteiger partial charge in [0.1, 0.15) is 28.8 Å². The number of fused-ring (bicyclic) bond motifs is 2. The molecular formula is C24H22FN5. The molecule has 0 aliphatic rings. The normalized spacial score (nSPS) is 12.0. The number of imidazole rings is 2. The van der Waals surface area contributed by atoms with Gasteiger partial charge in [-0.3, -0.25) is 4.40 Å². The van der Waals surface area contributed by atoms with Crippen molar-refractivity contribution in [2.75, 3.05) is 5.32 Å². The second-order valence-corrected chi connectivity index (χ2v) is 8.44. The van der Waals surface area contributed by atoms with Crippen LogP contribution < -0.4 is 5.32 Å². The average Bonchev–Trinajstić information content (AvgIpc) is 3.28. The first kappa shape index (κ1) is 18.4. The maximum atomic E-state index is 13.5. The zero-order valence-corrected chi connectivity index (χ0v) is 17.1. The fourth-order valence-corrected chi connectivity index (χ4v) is 3.58. The molecule has 0 spiro atoms. The van der Waals surface area contributed by atoms with E-state index in [-0.39, 0.29) is 11.4 Å². The van der Waals surface area contributed by atoms with E-state index in [1.165, 1.54) is 12.1 Å². The first-order chi connectivity index (χ1) is 14.4. The Hall–Kier alpha value is -3.67. The summed E-state index contributed by atoms with van der Waals surface area (Å²) in [4.78, 5) is 12.6. The molecule has 3 heterocycles. The zero-order valence-electron chi connectivity index (χ0n) is 17.1. The molecule has 0 bridgehead atoms. The molecule has 0 saturated heterocycles. The fourth-order valence-electron chi connectivity index (χ4n) is 3.58. The van der Waals surface area contributed by atoms with Crippen LogP contribution in [0, 0.1) is 5.82 Å². The lowest BCUT2D eigenvalue weighted by atomic mass is 10.1. The third-order valence-electron chi connectivity index (χ3n) is 4.90. The monoisotopic (exact) mass is 399 g/mol. The minimum atomic E-state index is -0.279. The summed E-state index contributed by atoms with van der Waals surface area (Å²) in [5, 5.41) is 3.59. The van der Waals surface area contributed by atoms with E-state index in [1.807, 2.05) is 48.7 Å². The number of hydrogen-bond donors (Lipinski definition) is 2. The third-order valence-corrected chi connectivity index (χ3v) is 4.90. The van der Waals surface area contributed by atoms with Gasteiger partial charge in [-0.1, -0.05) is 30.3 Å². The number of hydrogen-bond acceptors (Lipinski definition) is 3. The molecule has 3 aromatic heterocycles. The standard InChI is InChI=1S/C24H22FN5/c1-24(2,3)29-23-21(28-20-6-4-5-13-30(20)23)15-7-9-16(10-8-15)22-26-18-12-11-17(25)14-19(18)27-22/h4-14,29H,1-3H3,(H,26,27). The summed E-state index contributed by atoms with van der Waals surface area (Å²) in [5.41, 5.74) is 5.06. The van der Waals surface area contributed by atoms with Gasteiger partial charge in [-0.25, -0.2) is 14.4 Å². The predicted octanol–water partition coefficient (Wildman–Crippen LogP) is 5.89. The molecule has 0 amide bonds. The topological polar surface area (TPSA) is 58.0 Å². The van der Waals surface area contributed by atoms with Gasteiger partial charge in [0.05, 0.1) is 11.0 Å². The Morgan fingerprint density at radius 2 is 1.70 bits per heavy atom. The minimum absolute atomic E-state index is 0.107. The lowest BCUT2D eigenvalue weighted by molar-refractivity contribution is 0.629. The molecular weight excluding hydrogens is 377 g/mol. The highest BCUT2D eigenvalue weighted by molar-refractivity contribution is 5.81. The molecule has 5 nitrogen and oxygen atoms in total. The second-order valence-electron chi connectivity index (χ2n) is 8.44.